The van der Waals surface area contributed by atoms with Crippen molar-refractivity contribution >= 4 is 23.4 Å². The van der Waals surface area contributed by atoms with Crippen LogP contribution in [0.2, 0.25) is 0 Å². The van der Waals surface area contributed by atoms with Gasteiger partial charge in [0, 0.05) is 19.5 Å². The van der Waals surface area contributed by atoms with Crippen LogP contribution in [0.4, 0.5) is 4.79 Å². The molecule has 0 bridgehead atoms. The van der Waals surface area contributed by atoms with Crippen LogP contribution in [0, 0.1) is 12.8 Å². The van der Waals surface area contributed by atoms with Crippen LogP contribution < -0.4 is 0 Å². The van der Waals surface area contributed by atoms with Gasteiger partial charge in [0.1, 0.15) is 11.5 Å². The molecule has 1 saturated heterocycles. The minimum Gasteiger partial charge on any atom is -0.477 e. The molecule has 6 nitrogen and oxygen atoms in total. The molecule has 1 atom stereocenters. The van der Waals surface area contributed by atoms with Crippen molar-refractivity contribution < 1.29 is 19.4 Å². The van der Waals surface area contributed by atoms with Gasteiger partial charge in [0.2, 0.25) is 0 Å². The summed E-state index contributed by atoms with van der Waals surface area (Å²) in [5, 5.41) is 9.93. The topological polar surface area (TPSA) is 79.7 Å². The molecule has 2 aromatic rings. The van der Waals surface area contributed by atoms with Gasteiger partial charge in [0.15, 0.2) is 0 Å². The number of thiazole rings is 1. The van der Waals surface area contributed by atoms with Crippen molar-refractivity contribution in [3.8, 4) is 0 Å². The van der Waals surface area contributed by atoms with Crippen LogP contribution in [-0.4, -0.2) is 40.1 Å². The Labute approximate surface area is 150 Å². The number of rotatable bonds is 5. The van der Waals surface area contributed by atoms with Crippen LogP contribution in [0.3, 0.4) is 0 Å². The largest absolute Gasteiger partial charge is 0.477 e. The lowest BCUT2D eigenvalue weighted by Crippen LogP contribution is -2.29. The first-order valence-corrected chi connectivity index (χ1v) is 9.00. The Kier molecular flexibility index (Phi) is 5.33. The predicted octanol–water partition coefficient (Wildman–Crippen LogP) is 3.35. The molecule has 1 aromatic carbocycles. The van der Waals surface area contributed by atoms with E-state index in [1.807, 2.05) is 30.3 Å². The molecule has 1 aliphatic heterocycles. The van der Waals surface area contributed by atoms with Crippen LogP contribution in [0.15, 0.2) is 30.3 Å². The van der Waals surface area contributed by atoms with Gasteiger partial charge in [-0.1, -0.05) is 30.3 Å². The number of carboxylic acids is 1. The average Bonchev–Trinajstić information content (AvgIpc) is 3.20. The van der Waals surface area contributed by atoms with E-state index in [1.54, 1.807) is 11.8 Å². The smallest absolute Gasteiger partial charge is 0.410 e. The molecular weight excluding hydrogens is 340 g/mol. The van der Waals surface area contributed by atoms with Crippen molar-refractivity contribution in [2.24, 2.45) is 5.92 Å². The number of nitrogens with zero attached hydrogens (tertiary/aromatic N) is 2. The van der Waals surface area contributed by atoms with Gasteiger partial charge < -0.3 is 14.7 Å². The summed E-state index contributed by atoms with van der Waals surface area (Å²) in [5.41, 5.74) is 1.52. The molecular formula is C18H20N2O4S. The minimum absolute atomic E-state index is 0.272. The molecule has 1 N–H and O–H groups in total. The molecule has 1 unspecified atom stereocenters. The Morgan fingerprint density at radius 3 is 2.80 bits per heavy atom. The molecule has 7 heteroatoms. The van der Waals surface area contributed by atoms with Crippen LogP contribution in [0.5, 0.6) is 0 Å². The Balaban J connectivity index is 1.50. The monoisotopic (exact) mass is 360 g/mol. The molecule has 132 valence electrons. The summed E-state index contributed by atoms with van der Waals surface area (Å²) in [6, 6.07) is 9.59. The van der Waals surface area contributed by atoms with E-state index in [4.69, 9.17) is 9.84 Å². The Hall–Kier alpha value is -2.41. The van der Waals surface area contributed by atoms with Crippen molar-refractivity contribution in [2.75, 3.05) is 13.1 Å². The highest BCUT2D eigenvalue weighted by atomic mass is 32.1. The zero-order valence-corrected chi connectivity index (χ0v) is 14.8. The van der Waals surface area contributed by atoms with Gasteiger partial charge in [-0.25, -0.2) is 14.6 Å². The highest BCUT2D eigenvalue weighted by Crippen LogP contribution is 2.26. The number of amides is 1. The second-order valence-electron chi connectivity index (χ2n) is 6.17. The zero-order chi connectivity index (χ0) is 17.8. The van der Waals surface area contributed by atoms with Gasteiger partial charge in [0.25, 0.3) is 0 Å². The summed E-state index contributed by atoms with van der Waals surface area (Å²) in [5.74, 6) is -0.643. The maximum absolute atomic E-state index is 12.2. The summed E-state index contributed by atoms with van der Waals surface area (Å²) in [7, 11) is 0. The second-order valence-corrected chi connectivity index (χ2v) is 7.26. The summed E-state index contributed by atoms with van der Waals surface area (Å²) < 4.78 is 5.36. The normalized spacial score (nSPS) is 16.8. The van der Waals surface area contributed by atoms with E-state index in [9.17, 15) is 9.59 Å². The molecule has 25 heavy (non-hydrogen) atoms. The number of hydrogen-bond donors (Lipinski definition) is 1. The van der Waals surface area contributed by atoms with Crippen LogP contribution in [0.1, 0.15) is 32.4 Å². The number of benzene rings is 1. The van der Waals surface area contributed by atoms with E-state index in [2.05, 4.69) is 4.98 Å². The van der Waals surface area contributed by atoms with Crippen LogP contribution in [-0.2, 0) is 17.8 Å². The molecule has 2 heterocycles. The van der Waals surface area contributed by atoms with Crippen molar-refractivity contribution in [3.05, 3.63) is 51.5 Å². The lowest BCUT2D eigenvalue weighted by atomic mass is 10.1. The molecule has 1 aromatic heterocycles. The second kappa shape index (κ2) is 7.65. The number of aromatic carboxylic acids is 1. The van der Waals surface area contributed by atoms with Gasteiger partial charge in [-0.05, 0) is 24.8 Å². The molecule has 1 fully saturated rings. The minimum atomic E-state index is -0.932. The molecule has 1 aliphatic rings. The molecule has 0 saturated carbocycles. The lowest BCUT2D eigenvalue weighted by Gasteiger charge is -2.16. The van der Waals surface area contributed by atoms with Crippen molar-refractivity contribution in [1.82, 2.24) is 9.88 Å². The summed E-state index contributed by atoms with van der Waals surface area (Å²) >= 11 is 1.23. The van der Waals surface area contributed by atoms with E-state index in [0.29, 0.717) is 30.1 Å². The number of aromatic nitrogens is 1. The third-order valence-electron chi connectivity index (χ3n) is 4.25. The fourth-order valence-electron chi connectivity index (χ4n) is 2.96. The number of aryl methyl sites for hydroxylation is 1. The number of hydrogen-bond acceptors (Lipinski definition) is 5. The number of ether oxygens (including phenoxy) is 1. The molecule has 0 radical (unpaired) electrons. The quantitative estimate of drug-likeness (QED) is 0.884. The fourth-order valence-corrected chi connectivity index (χ4v) is 3.98. The average molecular weight is 360 g/mol. The fraction of sp³-hybridized carbons (Fsp3) is 0.389. The van der Waals surface area contributed by atoms with Crippen LogP contribution >= 0.6 is 11.3 Å². The van der Waals surface area contributed by atoms with Crippen LogP contribution in [0.25, 0.3) is 0 Å². The number of carbonyl (C=O) groups is 2. The van der Waals surface area contributed by atoms with Gasteiger partial charge in [-0.3, -0.25) is 0 Å². The van der Waals surface area contributed by atoms with E-state index in [-0.39, 0.29) is 18.6 Å². The van der Waals surface area contributed by atoms with E-state index in [0.717, 1.165) is 17.0 Å². The predicted molar refractivity (Wildman–Crippen MR) is 93.8 cm³/mol. The number of carboxylic acid groups (broad SMARTS) is 1. The van der Waals surface area contributed by atoms with E-state index >= 15 is 0 Å². The maximum atomic E-state index is 12.2. The van der Waals surface area contributed by atoms with Crippen molar-refractivity contribution in [3.63, 3.8) is 0 Å². The van der Waals surface area contributed by atoms with E-state index < -0.39 is 5.97 Å². The Morgan fingerprint density at radius 1 is 1.36 bits per heavy atom. The lowest BCUT2D eigenvalue weighted by molar-refractivity contribution is 0.0701. The highest BCUT2D eigenvalue weighted by Gasteiger charge is 2.28. The maximum Gasteiger partial charge on any atom is 0.410 e. The number of carbonyl (C=O) groups excluding carboxylic acids is 1. The summed E-state index contributed by atoms with van der Waals surface area (Å²) in [6.45, 7) is 3.27. The Morgan fingerprint density at radius 2 is 2.12 bits per heavy atom. The summed E-state index contributed by atoms with van der Waals surface area (Å²) in [4.78, 5) is 29.6. The van der Waals surface area contributed by atoms with Gasteiger partial charge in [0.05, 0.1) is 10.7 Å². The van der Waals surface area contributed by atoms with Gasteiger partial charge in [-0.2, -0.15) is 0 Å². The first-order chi connectivity index (χ1) is 12.0. The van der Waals surface area contributed by atoms with Gasteiger partial charge >= 0.3 is 12.1 Å². The highest BCUT2D eigenvalue weighted by molar-refractivity contribution is 7.13. The molecule has 0 spiro atoms. The zero-order valence-electron chi connectivity index (χ0n) is 14.0. The SMILES string of the molecule is Cc1nc(CC2CCN(C(=O)OCc3ccccc3)C2)sc1C(=O)O. The van der Waals surface area contributed by atoms with Gasteiger partial charge in [-0.15, -0.1) is 11.3 Å². The first-order valence-electron chi connectivity index (χ1n) is 8.18. The third-order valence-corrected chi connectivity index (χ3v) is 5.42. The Bertz CT molecular complexity index is 760. The summed E-state index contributed by atoms with van der Waals surface area (Å²) in [6.07, 6.45) is 1.27. The molecule has 3 rings (SSSR count). The van der Waals surface area contributed by atoms with Crippen molar-refractivity contribution in [1.29, 1.82) is 0 Å². The molecule has 1 amide bonds. The van der Waals surface area contributed by atoms with Crippen molar-refractivity contribution in [2.45, 2.75) is 26.4 Å². The molecule has 0 aliphatic carbocycles. The van der Waals surface area contributed by atoms with E-state index in [1.165, 1.54) is 11.3 Å². The third kappa shape index (κ3) is 4.36. The number of likely N-dealkylation sites (tertiary alicyclic amines) is 1. The first kappa shape index (κ1) is 17.4. The standard InChI is InChI=1S/C18H20N2O4S/c1-12-16(17(21)22)25-15(19-12)9-14-7-8-20(10-14)18(23)24-11-13-5-3-2-4-6-13/h2-6,14H,7-11H2,1H3,(H,21,22).